The highest BCUT2D eigenvalue weighted by atomic mass is 16.7. The van der Waals surface area contributed by atoms with Crippen LogP contribution in [0.1, 0.15) is 80.6 Å². The Morgan fingerprint density at radius 3 is 2.30 bits per heavy atom. The normalized spacial score (nSPS) is 32.1. The maximum atomic E-state index is 12.5. The summed E-state index contributed by atoms with van der Waals surface area (Å²) in [7, 11) is 0. The van der Waals surface area contributed by atoms with Gasteiger partial charge in [0.15, 0.2) is 0 Å². The summed E-state index contributed by atoms with van der Waals surface area (Å²) < 4.78 is 12.0. The highest BCUT2D eigenvalue weighted by molar-refractivity contribution is 5.75. The smallest absolute Gasteiger partial charge is 0.313 e. The summed E-state index contributed by atoms with van der Waals surface area (Å²) >= 11 is 0. The zero-order valence-electron chi connectivity index (χ0n) is 16.2. The van der Waals surface area contributed by atoms with Crippen LogP contribution in [0, 0.1) is 28.1 Å². The summed E-state index contributed by atoms with van der Waals surface area (Å²) in [5.74, 6) is 1.53. The summed E-state index contributed by atoms with van der Waals surface area (Å²) in [6.07, 6.45) is 5.66. The zero-order chi connectivity index (χ0) is 17.5. The quantitative estimate of drug-likeness (QED) is 0.499. The van der Waals surface area contributed by atoms with Crippen LogP contribution in [0.5, 0.6) is 0 Å². The topological polar surface area (TPSA) is 35.5 Å². The van der Waals surface area contributed by atoms with Gasteiger partial charge in [-0.15, -0.1) is 0 Å². The lowest BCUT2D eigenvalue weighted by atomic mass is 9.75. The molecule has 0 radical (unpaired) electrons. The minimum absolute atomic E-state index is 0.155. The molecule has 3 nitrogen and oxygen atoms in total. The van der Waals surface area contributed by atoms with Gasteiger partial charge in [-0.25, -0.2) is 0 Å². The van der Waals surface area contributed by atoms with E-state index in [1.54, 1.807) is 0 Å². The van der Waals surface area contributed by atoms with Gasteiger partial charge in [-0.1, -0.05) is 41.0 Å². The SMILES string of the molecule is CCC(C)(C)C(=O)OC(OCC1(C)CC2CCC1C2)C(C)(C)C. The number of esters is 1. The Labute approximate surface area is 142 Å². The van der Waals surface area contributed by atoms with Crippen LogP contribution in [0.25, 0.3) is 0 Å². The largest absolute Gasteiger partial charge is 0.435 e. The third-order valence-corrected chi connectivity index (χ3v) is 6.20. The van der Waals surface area contributed by atoms with Gasteiger partial charge in [0.1, 0.15) is 0 Å². The predicted octanol–water partition coefficient (Wildman–Crippen LogP) is 5.18. The second-order valence-corrected chi connectivity index (χ2v) is 9.89. The molecule has 4 unspecified atom stereocenters. The fraction of sp³-hybridized carbons (Fsp3) is 0.950. The van der Waals surface area contributed by atoms with E-state index < -0.39 is 11.7 Å². The molecule has 0 amide bonds. The first-order valence-corrected chi connectivity index (χ1v) is 9.30. The van der Waals surface area contributed by atoms with Crippen LogP contribution < -0.4 is 0 Å². The van der Waals surface area contributed by atoms with Gasteiger partial charge in [0.05, 0.1) is 12.0 Å². The number of carbonyl (C=O) groups excluding carboxylic acids is 1. The molecule has 134 valence electrons. The second kappa shape index (κ2) is 6.38. The minimum atomic E-state index is -0.475. The first kappa shape index (κ1) is 18.8. The van der Waals surface area contributed by atoms with Crippen molar-refractivity contribution in [1.29, 1.82) is 0 Å². The Balaban J connectivity index is 1.98. The highest BCUT2D eigenvalue weighted by Crippen LogP contribution is 2.56. The fourth-order valence-corrected chi connectivity index (χ4v) is 4.02. The lowest BCUT2D eigenvalue weighted by Crippen LogP contribution is -2.41. The van der Waals surface area contributed by atoms with Crippen LogP contribution >= 0.6 is 0 Å². The third-order valence-electron chi connectivity index (χ3n) is 6.20. The molecule has 0 aromatic rings. The van der Waals surface area contributed by atoms with E-state index in [2.05, 4.69) is 27.7 Å². The molecule has 0 N–H and O–H groups in total. The lowest BCUT2D eigenvalue weighted by molar-refractivity contribution is -0.221. The Morgan fingerprint density at radius 2 is 1.87 bits per heavy atom. The average molecular weight is 325 g/mol. The Bertz CT molecular complexity index is 435. The van der Waals surface area contributed by atoms with E-state index >= 15 is 0 Å². The van der Waals surface area contributed by atoms with Gasteiger partial charge in [-0.05, 0) is 56.8 Å². The van der Waals surface area contributed by atoms with Crippen molar-refractivity contribution in [3.63, 3.8) is 0 Å². The maximum absolute atomic E-state index is 12.5. The summed E-state index contributed by atoms with van der Waals surface area (Å²) in [6.45, 7) is 15.2. The number of hydrogen-bond acceptors (Lipinski definition) is 3. The molecule has 2 aliphatic rings. The van der Waals surface area contributed by atoms with Gasteiger partial charge in [-0.2, -0.15) is 0 Å². The van der Waals surface area contributed by atoms with Crippen LogP contribution in [-0.2, 0) is 14.3 Å². The minimum Gasteiger partial charge on any atom is -0.435 e. The lowest BCUT2D eigenvalue weighted by Gasteiger charge is -2.38. The molecule has 0 aliphatic heterocycles. The van der Waals surface area contributed by atoms with Crippen molar-refractivity contribution in [2.24, 2.45) is 28.1 Å². The second-order valence-electron chi connectivity index (χ2n) is 9.89. The van der Waals surface area contributed by atoms with Gasteiger partial charge in [-0.3, -0.25) is 4.79 Å². The molecule has 0 spiro atoms. The number of fused-ring (bicyclic) bond motifs is 2. The molecule has 4 atom stereocenters. The van der Waals surface area contributed by atoms with Crippen LogP contribution in [0.4, 0.5) is 0 Å². The summed E-state index contributed by atoms with van der Waals surface area (Å²) in [5.41, 5.74) is -0.407. The van der Waals surface area contributed by atoms with E-state index in [0.29, 0.717) is 6.61 Å². The van der Waals surface area contributed by atoms with Crippen molar-refractivity contribution in [3.05, 3.63) is 0 Å². The number of hydrogen-bond donors (Lipinski definition) is 0. The van der Waals surface area contributed by atoms with Gasteiger partial charge < -0.3 is 9.47 Å². The van der Waals surface area contributed by atoms with Crippen molar-refractivity contribution in [3.8, 4) is 0 Å². The van der Waals surface area contributed by atoms with Crippen molar-refractivity contribution in [2.75, 3.05) is 6.61 Å². The van der Waals surface area contributed by atoms with Gasteiger partial charge in [0.2, 0.25) is 6.29 Å². The molecule has 2 aliphatic carbocycles. The monoisotopic (exact) mass is 324 g/mol. The van der Waals surface area contributed by atoms with Gasteiger partial charge in [0.25, 0.3) is 0 Å². The Hall–Kier alpha value is -0.570. The molecular weight excluding hydrogens is 288 g/mol. The van der Waals surface area contributed by atoms with E-state index in [9.17, 15) is 4.79 Å². The summed E-state index contributed by atoms with van der Waals surface area (Å²) in [6, 6.07) is 0. The zero-order valence-corrected chi connectivity index (χ0v) is 16.2. The molecule has 0 heterocycles. The van der Waals surface area contributed by atoms with Crippen molar-refractivity contribution in [2.45, 2.75) is 86.9 Å². The van der Waals surface area contributed by atoms with Gasteiger partial charge >= 0.3 is 5.97 Å². The molecule has 0 aromatic carbocycles. The van der Waals surface area contributed by atoms with Gasteiger partial charge in [0, 0.05) is 5.41 Å². The number of rotatable bonds is 6. The molecule has 3 heteroatoms. The molecule has 2 saturated carbocycles. The van der Waals surface area contributed by atoms with Crippen molar-refractivity contribution >= 4 is 5.97 Å². The van der Waals surface area contributed by atoms with Crippen LogP contribution in [-0.4, -0.2) is 18.9 Å². The van der Waals surface area contributed by atoms with Crippen molar-refractivity contribution in [1.82, 2.24) is 0 Å². The van der Waals surface area contributed by atoms with Crippen LogP contribution in [0.3, 0.4) is 0 Å². The third kappa shape index (κ3) is 4.10. The average Bonchev–Trinajstić information content (AvgIpc) is 3.02. The molecule has 0 saturated heterocycles. The highest BCUT2D eigenvalue weighted by Gasteiger charge is 2.48. The molecule has 23 heavy (non-hydrogen) atoms. The molecule has 2 fully saturated rings. The van der Waals surface area contributed by atoms with E-state index in [1.807, 2.05) is 20.8 Å². The van der Waals surface area contributed by atoms with E-state index in [4.69, 9.17) is 9.47 Å². The molecule has 0 aromatic heterocycles. The predicted molar refractivity (Wildman–Crippen MR) is 92.9 cm³/mol. The number of carbonyl (C=O) groups is 1. The van der Waals surface area contributed by atoms with E-state index in [0.717, 1.165) is 18.3 Å². The maximum Gasteiger partial charge on any atom is 0.313 e. The Kier molecular flexibility index (Phi) is 5.21. The van der Waals surface area contributed by atoms with Crippen LogP contribution in [0.15, 0.2) is 0 Å². The first-order chi connectivity index (χ1) is 10.5. The first-order valence-electron chi connectivity index (χ1n) is 9.30. The summed E-state index contributed by atoms with van der Waals surface area (Å²) in [4.78, 5) is 12.5. The molecule has 2 bridgehead atoms. The summed E-state index contributed by atoms with van der Waals surface area (Å²) in [5, 5.41) is 0. The van der Waals surface area contributed by atoms with E-state index in [1.165, 1.54) is 25.7 Å². The van der Waals surface area contributed by atoms with E-state index in [-0.39, 0.29) is 16.8 Å². The standard InChI is InChI=1S/C20H36O3/c1-8-19(5,6)16(21)23-17(18(2,3)4)22-13-20(7)12-14-9-10-15(20)11-14/h14-15,17H,8-13H2,1-7H3. The molecule has 2 rings (SSSR count). The van der Waals surface area contributed by atoms with Crippen LogP contribution in [0.2, 0.25) is 0 Å². The molecular formula is C20H36O3. The fourth-order valence-electron chi connectivity index (χ4n) is 4.02. The van der Waals surface area contributed by atoms with Crippen molar-refractivity contribution < 1.29 is 14.3 Å². The Morgan fingerprint density at radius 1 is 1.22 bits per heavy atom. The number of ether oxygens (including phenoxy) is 2.